The van der Waals surface area contributed by atoms with Crippen molar-refractivity contribution in [1.29, 1.82) is 0 Å². The number of methoxy groups -OCH3 is 1. The Hall–Kier alpha value is -3.35. The van der Waals surface area contributed by atoms with Crippen molar-refractivity contribution in [3.63, 3.8) is 0 Å². The number of piperidine rings is 1. The summed E-state index contributed by atoms with van der Waals surface area (Å²) in [6.45, 7) is 1.19. The van der Waals surface area contributed by atoms with E-state index in [0.717, 1.165) is 29.8 Å². The predicted molar refractivity (Wildman–Crippen MR) is 103 cm³/mol. The maximum absolute atomic E-state index is 12.9. The number of hydrogen-bond donors (Lipinski definition) is 1. The van der Waals surface area contributed by atoms with Gasteiger partial charge in [-0.15, -0.1) is 0 Å². The largest absolute Gasteiger partial charge is 0.497 e. The van der Waals surface area contributed by atoms with E-state index < -0.39 is 0 Å². The number of carbonyl (C=O) groups is 1. The fraction of sp³-hybridized carbons (Fsp3) is 0.286. The van der Waals surface area contributed by atoms with Crippen LogP contribution in [-0.4, -0.2) is 41.0 Å². The van der Waals surface area contributed by atoms with Crippen LogP contribution in [0.1, 0.15) is 35.0 Å². The highest BCUT2D eigenvalue weighted by atomic mass is 16.5. The van der Waals surface area contributed by atoms with Gasteiger partial charge in [0.15, 0.2) is 5.76 Å². The van der Waals surface area contributed by atoms with E-state index in [9.17, 15) is 9.59 Å². The second-order valence-corrected chi connectivity index (χ2v) is 6.82. The molecule has 2 aromatic heterocycles. The van der Waals surface area contributed by atoms with E-state index in [1.807, 2.05) is 24.3 Å². The zero-order valence-corrected chi connectivity index (χ0v) is 15.6. The molecule has 3 heterocycles. The third-order valence-corrected chi connectivity index (χ3v) is 5.02. The van der Waals surface area contributed by atoms with Crippen molar-refractivity contribution in [3.05, 3.63) is 70.6 Å². The summed E-state index contributed by atoms with van der Waals surface area (Å²) in [6.07, 6.45) is 3.17. The van der Waals surface area contributed by atoms with Crippen molar-refractivity contribution in [2.75, 3.05) is 20.2 Å². The summed E-state index contributed by atoms with van der Waals surface area (Å²) in [5, 5.41) is 0. The molecule has 28 heavy (non-hydrogen) atoms. The number of amides is 1. The molecule has 1 amide bonds. The highest BCUT2D eigenvalue weighted by molar-refractivity contribution is 5.92. The molecule has 1 aliphatic heterocycles. The molecular formula is C21H21N3O4. The third kappa shape index (κ3) is 3.69. The van der Waals surface area contributed by atoms with E-state index in [4.69, 9.17) is 9.15 Å². The zero-order valence-electron chi connectivity index (χ0n) is 15.6. The lowest BCUT2D eigenvalue weighted by Gasteiger charge is -2.31. The van der Waals surface area contributed by atoms with Crippen LogP contribution in [0.15, 0.2) is 58.0 Å². The van der Waals surface area contributed by atoms with E-state index in [0.29, 0.717) is 24.6 Å². The molecule has 1 saturated heterocycles. The summed E-state index contributed by atoms with van der Waals surface area (Å²) in [5.41, 5.74) is 1.42. The minimum Gasteiger partial charge on any atom is -0.497 e. The van der Waals surface area contributed by atoms with Crippen molar-refractivity contribution in [2.45, 2.75) is 18.8 Å². The number of ether oxygens (including phenoxy) is 1. The summed E-state index contributed by atoms with van der Waals surface area (Å²) in [6, 6.07) is 12.5. The molecule has 7 nitrogen and oxygen atoms in total. The van der Waals surface area contributed by atoms with Crippen molar-refractivity contribution < 1.29 is 13.9 Å². The zero-order chi connectivity index (χ0) is 19.5. The topological polar surface area (TPSA) is 88.4 Å². The van der Waals surface area contributed by atoms with Crippen LogP contribution in [0.3, 0.4) is 0 Å². The van der Waals surface area contributed by atoms with Gasteiger partial charge in [0.25, 0.3) is 11.5 Å². The highest BCUT2D eigenvalue weighted by Gasteiger charge is 2.28. The molecule has 0 saturated carbocycles. The van der Waals surface area contributed by atoms with Crippen LogP contribution in [0.25, 0.3) is 11.3 Å². The van der Waals surface area contributed by atoms with Crippen molar-refractivity contribution >= 4 is 5.91 Å². The lowest BCUT2D eigenvalue weighted by Crippen LogP contribution is -2.39. The van der Waals surface area contributed by atoms with Crippen molar-refractivity contribution in [3.8, 4) is 17.1 Å². The van der Waals surface area contributed by atoms with Crippen LogP contribution in [0.5, 0.6) is 5.75 Å². The van der Waals surface area contributed by atoms with Crippen LogP contribution >= 0.6 is 0 Å². The van der Waals surface area contributed by atoms with E-state index in [2.05, 4.69) is 9.97 Å². The number of aromatic nitrogens is 2. The van der Waals surface area contributed by atoms with E-state index in [1.165, 1.54) is 12.4 Å². The number of likely N-dealkylation sites (tertiary alicyclic amines) is 1. The Morgan fingerprint density at radius 2 is 2.07 bits per heavy atom. The first-order chi connectivity index (χ1) is 13.6. The molecule has 0 bridgehead atoms. The lowest BCUT2D eigenvalue weighted by atomic mass is 9.94. The minimum absolute atomic E-state index is 0.0519. The number of nitrogens with one attached hydrogen (secondary N) is 1. The normalized spacial score (nSPS) is 16.8. The maximum atomic E-state index is 12.9. The second kappa shape index (κ2) is 7.72. The Bertz CT molecular complexity index is 1020. The molecule has 3 aromatic rings. The number of benzene rings is 1. The molecule has 1 N–H and O–H groups in total. The van der Waals surface area contributed by atoms with Crippen LogP contribution in [-0.2, 0) is 0 Å². The van der Waals surface area contributed by atoms with Gasteiger partial charge in [-0.25, -0.2) is 4.98 Å². The molecule has 1 fully saturated rings. The van der Waals surface area contributed by atoms with Gasteiger partial charge < -0.3 is 19.0 Å². The van der Waals surface area contributed by atoms with Gasteiger partial charge >= 0.3 is 0 Å². The summed E-state index contributed by atoms with van der Waals surface area (Å²) >= 11 is 0. The van der Waals surface area contributed by atoms with E-state index in [-0.39, 0.29) is 17.4 Å². The molecule has 4 rings (SSSR count). The smallest absolute Gasteiger partial charge is 0.289 e. The second-order valence-electron chi connectivity index (χ2n) is 6.82. The predicted octanol–water partition coefficient (Wildman–Crippen LogP) is 3.06. The summed E-state index contributed by atoms with van der Waals surface area (Å²) < 4.78 is 11.0. The molecule has 144 valence electrons. The first-order valence-electron chi connectivity index (χ1n) is 9.22. The van der Waals surface area contributed by atoms with Crippen molar-refractivity contribution in [2.24, 2.45) is 0 Å². The Morgan fingerprint density at radius 3 is 2.82 bits per heavy atom. The molecular weight excluding hydrogens is 358 g/mol. The summed E-state index contributed by atoms with van der Waals surface area (Å²) in [4.78, 5) is 33.0. The van der Waals surface area contributed by atoms with Crippen LogP contribution < -0.4 is 10.3 Å². The Balaban J connectivity index is 1.49. The van der Waals surface area contributed by atoms with Crippen LogP contribution in [0.2, 0.25) is 0 Å². The van der Waals surface area contributed by atoms with Gasteiger partial charge in [0.2, 0.25) is 0 Å². The number of rotatable bonds is 4. The molecule has 7 heteroatoms. The number of nitrogens with zero attached hydrogens (tertiary/aromatic N) is 2. The fourth-order valence-electron chi connectivity index (χ4n) is 3.53. The SMILES string of the molecule is COc1ccc(-c2ccc(C(=O)N3CCC[C@@H](c4cc(=O)[nH]cn4)C3)o2)cc1. The molecule has 0 unspecified atom stereocenters. The van der Waals surface area contributed by atoms with Gasteiger partial charge in [-0.1, -0.05) is 0 Å². The van der Waals surface area contributed by atoms with Gasteiger partial charge in [0.1, 0.15) is 11.5 Å². The Morgan fingerprint density at radius 1 is 1.25 bits per heavy atom. The van der Waals surface area contributed by atoms with Gasteiger partial charge in [-0.05, 0) is 49.2 Å². The first-order valence-corrected chi connectivity index (χ1v) is 9.22. The number of aromatic amines is 1. The van der Waals surface area contributed by atoms with Gasteiger partial charge in [-0.3, -0.25) is 9.59 Å². The number of H-pyrrole nitrogens is 1. The molecule has 0 spiro atoms. The fourth-order valence-corrected chi connectivity index (χ4v) is 3.53. The van der Waals surface area contributed by atoms with Gasteiger partial charge in [0, 0.05) is 30.6 Å². The van der Waals surface area contributed by atoms with Crippen LogP contribution in [0, 0.1) is 0 Å². The molecule has 1 atom stereocenters. The average Bonchev–Trinajstić information content (AvgIpc) is 3.23. The molecule has 1 aromatic carbocycles. The summed E-state index contributed by atoms with van der Waals surface area (Å²) in [7, 11) is 1.62. The third-order valence-electron chi connectivity index (χ3n) is 5.02. The van der Waals surface area contributed by atoms with Crippen LogP contribution in [0.4, 0.5) is 0 Å². The monoisotopic (exact) mass is 379 g/mol. The highest BCUT2D eigenvalue weighted by Crippen LogP contribution is 2.28. The Kier molecular flexibility index (Phi) is 4.97. The number of carbonyl (C=O) groups excluding carboxylic acids is 1. The molecule has 0 aliphatic carbocycles. The van der Waals surface area contributed by atoms with Gasteiger partial charge in [-0.2, -0.15) is 0 Å². The van der Waals surface area contributed by atoms with E-state index in [1.54, 1.807) is 24.1 Å². The number of hydrogen-bond acceptors (Lipinski definition) is 5. The number of furan rings is 1. The lowest BCUT2D eigenvalue weighted by molar-refractivity contribution is 0.0674. The summed E-state index contributed by atoms with van der Waals surface area (Å²) in [5.74, 6) is 1.62. The van der Waals surface area contributed by atoms with E-state index >= 15 is 0 Å². The minimum atomic E-state index is -0.177. The quantitative estimate of drug-likeness (QED) is 0.753. The van der Waals surface area contributed by atoms with Crippen molar-refractivity contribution in [1.82, 2.24) is 14.9 Å². The Labute approximate surface area is 162 Å². The standard InChI is InChI=1S/C21H21N3O4/c1-27-16-6-4-14(5-7-16)18-8-9-19(28-18)21(26)24-10-2-3-15(12-24)17-11-20(25)23-13-22-17/h4-9,11,13,15H,2-3,10,12H2,1H3,(H,22,23,25)/t15-/m1/s1. The van der Waals surface area contributed by atoms with Gasteiger partial charge in [0.05, 0.1) is 19.1 Å². The average molecular weight is 379 g/mol. The maximum Gasteiger partial charge on any atom is 0.289 e. The molecule has 0 radical (unpaired) electrons. The molecule has 1 aliphatic rings. The first kappa shape index (κ1) is 18.0.